The molecule has 4 rings (SSSR count). The van der Waals surface area contributed by atoms with E-state index in [4.69, 9.17) is 0 Å². The number of Topliss-reactive ketones (excluding diaryl/α,β-unsaturated/α-hetero) is 1. The quantitative estimate of drug-likeness (QED) is 0.855. The van der Waals surface area contributed by atoms with E-state index in [1.54, 1.807) is 6.07 Å². The lowest BCUT2D eigenvalue weighted by Crippen LogP contribution is -2.30. The maximum Gasteiger partial charge on any atom is 0.211 e. The van der Waals surface area contributed by atoms with Crippen molar-refractivity contribution in [2.24, 2.45) is 0 Å². The summed E-state index contributed by atoms with van der Waals surface area (Å²) in [4.78, 5) is 31.6. The Morgan fingerprint density at radius 3 is 2.39 bits per heavy atom. The topological polar surface area (TPSA) is 50.3 Å². The largest absolute Gasteiger partial charge is 0.368 e. The number of carbonyl (C=O) groups excluding carboxylic acids is 2. The highest BCUT2D eigenvalue weighted by Crippen LogP contribution is 2.27. The van der Waals surface area contributed by atoms with Gasteiger partial charge >= 0.3 is 0 Å². The molecule has 1 aromatic heterocycles. The fourth-order valence-electron chi connectivity index (χ4n) is 3.19. The molecule has 0 spiro atoms. The molecule has 0 amide bonds. The number of hydrogen-bond acceptors (Lipinski definition) is 4. The van der Waals surface area contributed by atoms with Crippen LogP contribution >= 0.6 is 0 Å². The molecular weight excluding hydrogens is 288 g/mol. The Morgan fingerprint density at radius 1 is 0.913 bits per heavy atom. The van der Waals surface area contributed by atoms with Crippen molar-refractivity contribution in [1.29, 1.82) is 0 Å². The van der Waals surface area contributed by atoms with Gasteiger partial charge in [0.25, 0.3) is 0 Å². The van der Waals surface area contributed by atoms with Crippen LogP contribution in [-0.4, -0.2) is 34.5 Å². The van der Waals surface area contributed by atoms with E-state index in [0.29, 0.717) is 17.0 Å². The maximum atomic E-state index is 12.7. The summed E-state index contributed by atoms with van der Waals surface area (Å²) in [7, 11) is 0. The van der Waals surface area contributed by atoms with E-state index in [-0.39, 0.29) is 17.3 Å². The molecule has 0 radical (unpaired) electrons. The first-order valence-corrected chi connectivity index (χ1v) is 7.86. The lowest BCUT2D eigenvalue weighted by molar-refractivity contribution is 0.0954. The summed E-state index contributed by atoms with van der Waals surface area (Å²) in [5, 5.41) is 0. The lowest BCUT2D eigenvalue weighted by atomic mass is 9.95. The molecule has 2 heterocycles. The minimum Gasteiger partial charge on any atom is -0.368 e. The van der Waals surface area contributed by atoms with Crippen LogP contribution in [0, 0.1) is 0 Å². The first-order chi connectivity index (χ1) is 11.2. The number of hydrogen-bond donors (Lipinski definition) is 0. The third-order valence-corrected chi connectivity index (χ3v) is 4.39. The zero-order chi connectivity index (χ0) is 15.8. The van der Waals surface area contributed by atoms with Crippen molar-refractivity contribution in [3.05, 3.63) is 65.5 Å². The molecule has 1 aliphatic heterocycles. The van der Waals surface area contributed by atoms with Crippen LogP contribution in [0.2, 0.25) is 0 Å². The van der Waals surface area contributed by atoms with Crippen molar-refractivity contribution >= 4 is 11.6 Å². The summed E-state index contributed by atoms with van der Waals surface area (Å²) in [5.41, 5.74) is 2.85. The van der Waals surface area contributed by atoms with E-state index >= 15 is 0 Å². The van der Waals surface area contributed by atoms with E-state index in [1.165, 1.54) is 6.08 Å². The van der Waals surface area contributed by atoms with E-state index in [1.807, 2.05) is 41.3 Å². The summed E-state index contributed by atoms with van der Waals surface area (Å²) in [5.74, 6) is -0.270. The number of pyridine rings is 1. The predicted molar refractivity (Wildman–Crippen MR) is 87.2 cm³/mol. The van der Waals surface area contributed by atoms with Gasteiger partial charge in [-0.05, 0) is 25.0 Å². The van der Waals surface area contributed by atoms with Crippen LogP contribution in [0.3, 0.4) is 0 Å². The highest BCUT2D eigenvalue weighted by Gasteiger charge is 2.31. The molecule has 0 unspecified atom stereocenters. The van der Waals surface area contributed by atoms with Crippen LogP contribution in [0.25, 0.3) is 11.3 Å². The number of ketones is 2. The third-order valence-electron chi connectivity index (χ3n) is 4.39. The smallest absolute Gasteiger partial charge is 0.211 e. The summed E-state index contributed by atoms with van der Waals surface area (Å²) in [6.07, 6.45) is 3.59. The molecule has 0 N–H and O–H groups in total. The van der Waals surface area contributed by atoms with Crippen molar-refractivity contribution in [3.63, 3.8) is 0 Å². The number of nitrogens with zero attached hydrogens (tertiary/aromatic N) is 2. The fraction of sp³-hybridized carbons (Fsp3) is 0.211. The second-order valence-corrected chi connectivity index (χ2v) is 5.88. The molecule has 1 saturated heterocycles. The zero-order valence-corrected chi connectivity index (χ0v) is 12.7. The second kappa shape index (κ2) is 5.47. The molecule has 1 aromatic carbocycles. The number of carbonyl (C=O) groups is 2. The van der Waals surface area contributed by atoms with Gasteiger partial charge in [0.15, 0.2) is 0 Å². The monoisotopic (exact) mass is 304 g/mol. The molecule has 0 atom stereocenters. The van der Waals surface area contributed by atoms with E-state index in [2.05, 4.69) is 4.98 Å². The number of likely N-dealkylation sites (tertiary alicyclic amines) is 1. The molecule has 0 bridgehead atoms. The minimum absolute atomic E-state index is 0.0892. The predicted octanol–water partition coefficient (Wildman–Crippen LogP) is 3.11. The lowest BCUT2D eigenvalue weighted by Gasteiger charge is -2.23. The molecular formula is C19H16N2O2. The highest BCUT2D eigenvalue weighted by atomic mass is 16.1. The van der Waals surface area contributed by atoms with Crippen LogP contribution in [0.5, 0.6) is 0 Å². The molecule has 114 valence electrons. The van der Waals surface area contributed by atoms with Gasteiger partial charge in [0.2, 0.25) is 11.6 Å². The van der Waals surface area contributed by atoms with Crippen molar-refractivity contribution in [1.82, 2.24) is 9.88 Å². The Labute approximate surface area is 134 Å². The molecule has 4 heteroatoms. The van der Waals surface area contributed by atoms with Crippen molar-refractivity contribution in [3.8, 4) is 11.3 Å². The average Bonchev–Trinajstić information content (AvgIpc) is 3.13. The molecule has 2 aromatic rings. The summed E-state index contributed by atoms with van der Waals surface area (Å²) < 4.78 is 0. The molecule has 0 saturated carbocycles. The molecule has 1 aliphatic carbocycles. The fourth-order valence-corrected chi connectivity index (χ4v) is 3.19. The molecule has 1 fully saturated rings. The third kappa shape index (κ3) is 2.36. The van der Waals surface area contributed by atoms with Crippen LogP contribution in [0.4, 0.5) is 0 Å². The number of aromatic nitrogens is 1. The Morgan fingerprint density at radius 2 is 1.65 bits per heavy atom. The van der Waals surface area contributed by atoms with Gasteiger partial charge in [0.05, 0.1) is 17.0 Å². The Balaban J connectivity index is 1.75. The summed E-state index contributed by atoms with van der Waals surface area (Å²) >= 11 is 0. The molecule has 2 aliphatic rings. The van der Waals surface area contributed by atoms with Gasteiger partial charge < -0.3 is 4.90 Å². The molecule has 23 heavy (non-hydrogen) atoms. The Hall–Kier alpha value is -2.75. The van der Waals surface area contributed by atoms with Gasteiger partial charge in [0.1, 0.15) is 5.69 Å². The Bertz CT molecular complexity index is 819. The zero-order valence-electron chi connectivity index (χ0n) is 12.7. The standard InChI is InChI=1S/C19H16N2O2/c22-17-12-16(21-10-4-5-11-21)19(23)14-8-9-15(20-18(14)17)13-6-2-1-3-7-13/h1-3,6-9,12H,4-5,10-11H2. The van der Waals surface area contributed by atoms with Gasteiger partial charge in [-0.2, -0.15) is 0 Å². The number of allylic oxidation sites excluding steroid dienone is 2. The van der Waals surface area contributed by atoms with Crippen LogP contribution in [0.15, 0.2) is 54.2 Å². The summed E-state index contributed by atoms with van der Waals surface area (Å²) in [6.45, 7) is 1.69. The van der Waals surface area contributed by atoms with Crippen molar-refractivity contribution in [2.75, 3.05) is 13.1 Å². The first kappa shape index (κ1) is 13.9. The van der Waals surface area contributed by atoms with E-state index in [0.717, 1.165) is 31.5 Å². The Kier molecular flexibility index (Phi) is 3.30. The highest BCUT2D eigenvalue weighted by molar-refractivity contribution is 6.23. The van der Waals surface area contributed by atoms with Crippen LogP contribution in [0.1, 0.15) is 33.7 Å². The molecule has 4 nitrogen and oxygen atoms in total. The maximum absolute atomic E-state index is 12.7. The minimum atomic E-state index is -0.181. The number of rotatable bonds is 2. The average molecular weight is 304 g/mol. The van der Waals surface area contributed by atoms with Gasteiger partial charge in [-0.15, -0.1) is 0 Å². The van der Waals surface area contributed by atoms with Crippen molar-refractivity contribution in [2.45, 2.75) is 12.8 Å². The van der Waals surface area contributed by atoms with Gasteiger partial charge in [0, 0.05) is 24.7 Å². The SMILES string of the molecule is O=C1C(N2CCCC2)=CC(=O)c2nc(-c3ccccc3)ccc21. The normalized spacial score (nSPS) is 17.2. The van der Waals surface area contributed by atoms with Gasteiger partial charge in [-0.1, -0.05) is 30.3 Å². The van der Waals surface area contributed by atoms with E-state index in [9.17, 15) is 9.59 Å². The van der Waals surface area contributed by atoms with Gasteiger partial charge in [-0.3, -0.25) is 9.59 Å². The summed E-state index contributed by atoms with van der Waals surface area (Å²) in [6, 6.07) is 13.2. The van der Waals surface area contributed by atoms with Gasteiger partial charge in [-0.25, -0.2) is 4.98 Å². The first-order valence-electron chi connectivity index (χ1n) is 7.86. The van der Waals surface area contributed by atoms with Crippen LogP contribution in [-0.2, 0) is 0 Å². The number of fused-ring (bicyclic) bond motifs is 1. The van der Waals surface area contributed by atoms with Crippen LogP contribution < -0.4 is 0 Å². The van der Waals surface area contributed by atoms with E-state index < -0.39 is 0 Å². The van der Waals surface area contributed by atoms with Crippen molar-refractivity contribution < 1.29 is 9.59 Å². The number of benzene rings is 1. The second-order valence-electron chi connectivity index (χ2n) is 5.88.